The number of aromatic nitrogens is 2. The summed E-state index contributed by atoms with van der Waals surface area (Å²) >= 11 is 7.65. The quantitative estimate of drug-likeness (QED) is 0.782. The van der Waals surface area contributed by atoms with E-state index in [1.54, 1.807) is 0 Å². The Bertz CT molecular complexity index is 545. The molecule has 108 valence electrons. The van der Waals surface area contributed by atoms with E-state index in [-0.39, 0.29) is 6.10 Å². The lowest BCUT2D eigenvalue weighted by molar-refractivity contribution is 0.0787. The summed E-state index contributed by atoms with van der Waals surface area (Å²) in [5.74, 6) is 0. The molecule has 2 rings (SSSR count). The Morgan fingerprint density at radius 1 is 1.30 bits per heavy atom. The highest BCUT2D eigenvalue weighted by Gasteiger charge is 2.09. The molecule has 0 spiro atoms. The van der Waals surface area contributed by atoms with Crippen molar-refractivity contribution >= 4 is 28.1 Å². The summed E-state index contributed by atoms with van der Waals surface area (Å²) in [6.07, 6.45) is 1.22. The fourth-order valence-corrected chi connectivity index (χ4v) is 2.71. The van der Waals surface area contributed by atoms with Gasteiger partial charge in [0.15, 0.2) is 5.01 Å². The van der Waals surface area contributed by atoms with E-state index < -0.39 is 0 Å². The van der Waals surface area contributed by atoms with Gasteiger partial charge in [-0.3, -0.25) is 0 Å². The van der Waals surface area contributed by atoms with Crippen LogP contribution in [0, 0.1) is 0 Å². The van der Waals surface area contributed by atoms with Crippen molar-refractivity contribution in [2.75, 3.05) is 18.5 Å². The Balaban J connectivity index is 1.85. The first-order valence-electron chi connectivity index (χ1n) is 6.60. The Kier molecular flexibility index (Phi) is 5.76. The van der Waals surface area contributed by atoms with Crippen molar-refractivity contribution in [1.82, 2.24) is 10.2 Å². The van der Waals surface area contributed by atoms with Gasteiger partial charge in [-0.15, -0.1) is 10.2 Å². The number of nitrogens with one attached hydrogen (secondary N) is 1. The molecule has 0 saturated carbocycles. The molecule has 0 amide bonds. The average Bonchev–Trinajstić information content (AvgIpc) is 2.87. The Morgan fingerprint density at radius 2 is 2.10 bits per heavy atom. The second-order valence-corrected chi connectivity index (χ2v) is 5.98. The van der Waals surface area contributed by atoms with Crippen molar-refractivity contribution in [2.24, 2.45) is 0 Å². The molecule has 0 aliphatic rings. The van der Waals surface area contributed by atoms with E-state index in [9.17, 15) is 0 Å². The molecule has 6 heteroatoms. The van der Waals surface area contributed by atoms with Crippen molar-refractivity contribution in [3.63, 3.8) is 0 Å². The normalized spacial score (nSPS) is 11.0. The Hall–Kier alpha value is -1.17. The minimum absolute atomic E-state index is 0.281. The molecule has 0 bridgehead atoms. The number of rotatable bonds is 7. The predicted octanol–water partition coefficient (Wildman–Crippen LogP) is 4.09. The van der Waals surface area contributed by atoms with Gasteiger partial charge < -0.3 is 10.1 Å². The minimum Gasteiger partial charge on any atom is -0.379 e. The van der Waals surface area contributed by atoms with Gasteiger partial charge >= 0.3 is 0 Å². The van der Waals surface area contributed by atoms with Crippen LogP contribution in [0.3, 0.4) is 0 Å². The lowest BCUT2D eigenvalue weighted by atomic mass is 10.2. The van der Waals surface area contributed by atoms with E-state index in [0.29, 0.717) is 5.02 Å². The van der Waals surface area contributed by atoms with Crippen molar-refractivity contribution < 1.29 is 4.74 Å². The van der Waals surface area contributed by atoms with E-state index in [1.165, 1.54) is 11.3 Å². The molecular formula is C14H18ClN3OS. The maximum absolute atomic E-state index is 6.15. The zero-order valence-electron chi connectivity index (χ0n) is 11.6. The number of halogens is 1. The molecular weight excluding hydrogens is 294 g/mol. The highest BCUT2D eigenvalue weighted by Crippen LogP contribution is 2.31. The first-order chi connectivity index (χ1) is 9.66. The van der Waals surface area contributed by atoms with E-state index in [4.69, 9.17) is 16.3 Å². The van der Waals surface area contributed by atoms with Gasteiger partial charge in [-0.05, 0) is 26.3 Å². The van der Waals surface area contributed by atoms with E-state index >= 15 is 0 Å². The third-order valence-corrected chi connectivity index (χ3v) is 3.82. The van der Waals surface area contributed by atoms with Crippen LogP contribution in [0.2, 0.25) is 5.02 Å². The van der Waals surface area contributed by atoms with Gasteiger partial charge in [-0.25, -0.2) is 0 Å². The van der Waals surface area contributed by atoms with Gasteiger partial charge in [-0.2, -0.15) is 0 Å². The molecule has 20 heavy (non-hydrogen) atoms. The SMILES string of the molecule is CC(C)OCCCNc1nnc(-c2ccccc2Cl)s1. The van der Waals surface area contributed by atoms with Crippen molar-refractivity contribution in [2.45, 2.75) is 26.4 Å². The van der Waals surface area contributed by atoms with Crippen LogP contribution in [-0.2, 0) is 4.74 Å². The van der Waals surface area contributed by atoms with Crippen LogP contribution in [0.5, 0.6) is 0 Å². The first-order valence-corrected chi connectivity index (χ1v) is 7.80. The van der Waals surface area contributed by atoms with Crippen LogP contribution in [0.4, 0.5) is 5.13 Å². The Labute approximate surface area is 128 Å². The molecule has 0 atom stereocenters. The number of nitrogens with zero attached hydrogens (tertiary/aromatic N) is 2. The molecule has 1 N–H and O–H groups in total. The number of hydrogen-bond donors (Lipinski definition) is 1. The zero-order valence-corrected chi connectivity index (χ0v) is 13.2. The fourth-order valence-electron chi connectivity index (χ4n) is 1.62. The Morgan fingerprint density at radius 3 is 2.85 bits per heavy atom. The summed E-state index contributed by atoms with van der Waals surface area (Å²) < 4.78 is 5.48. The topological polar surface area (TPSA) is 47.0 Å². The number of anilines is 1. The van der Waals surface area contributed by atoms with E-state index in [0.717, 1.165) is 35.3 Å². The summed E-state index contributed by atoms with van der Waals surface area (Å²) in [7, 11) is 0. The molecule has 1 heterocycles. The summed E-state index contributed by atoms with van der Waals surface area (Å²) in [5.41, 5.74) is 0.919. The number of hydrogen-bond acceptors (Lipinski definition) is 5. The molecule has 0 aliphatic heterocycles. The van der Waals surface area contributed by atoms with Crippen molar-refractivity contribution in [3.8, 4) is 10.6 Å². The summed E-state index contributed by atoms with van der Waals surface area (Å²) in [5, 5.41) is 13.9. The smallest absolute Gasteiger partial charge is 0.206 e. The van der Waals surface area contributed by atoms with Crippen LogP contribution in [0.1, 0.15) is 20.3 Å². The summed E-state index contributed by atoms with van der Waals surface area (Å²) in [6.45, 7) is 5.65. The minimum atomic E-state index is 0.281. The van der Waals surface area contributed by atoms with Crippen molar-refractivity contribution in [3.05, 3.63) is 29.3 Å². The van der Waals surface area contributed by atoms with Gasteiger partial charge in [-0.1, -0.05) is 41.1 Å². The molecule has 0 unspecified atom stereocenters. The van der Waals surface area contributed by atoms with Gasteiger partial charge in [0.2, 0.25) is 5.13 Å². The second kappa shape index (κ2) is 7.57. The lowest BCUT2D eigenvalue weighted by Crippen LogP contribution is -2.09. The van der Waals surface area contributed by atoms with Crippen LogP contribution in [0.15, 0.2) is 24.3 Å². The molecule has 0 radical (unpaired) electrons. The van der Waals surface area contributed by atoms with Crippen molar-refractivity contribution in [1.29, 1.82) is 0 Å². The lowest BCUT2D eigenvalue weighted by Gasteiger charge is -2.06. The third kappa shape index (κ3) is 4.44. The maximum Gasteiger partial charge on any atom is 0.206 e. The van der Waals surface area contributed by atoms with Crippen LogP contribution < -0.4 is 5.32 Å². The fraction of sp³-hybridized carbons (Fsp3) is 0.429. The maximum atomic E-state index is 6.15. The van der Waals surface area contributed by atoms with E-state index in [1.807, 2.05) is 38.1 Å². The van der Waals surface area contributed by atoms with E-state index in [2.05, 4.69) is 15.5 Å². The zero-order chi connectivity index (χ0) is 14.4. The molecule has 0 saturated heterocycles. The highest BCUT2D eigenvalue weighted by atomic mass is 35.5. The summed E-state index contributed by atoms with van der Waals surface area (Å²) in [4.78, 5) is 0. The van der Waals surface area contributed by atoms with Gasteiger partial charge in [0.05, 0.1) is 11.1 Å². The first kappa shape index (κ1) is 15.2. The predicted molar refractivity (Wildman–Crippen MR) is 84.5 cm³/mol. The highest BCUT2D eigenvalue weighted by molar-refractivity contribution is 7.18. The average molecular weight is 312 g/mol. The standard InChI is InChI=1S/C14H18ClN3OS/c1-10(2)19-9-5-8-16-14-18-17-13(20-14)11-6-3-4-7-12(11)15/h3-4,6-7,10H,5,8-9H2,1-2H3,(H,16,18). The second-order valence-electron chi connectivity index (χ2n) is 4.59. The number of benzene rings is 1. The molecule has 1 aromatic carbocycles. The largest absolute Gasteiger partial charge is 0.379 e. The molecule has 1 aromatic heterocycles. The third-order valence-electron chi connectivity index (χ3n) is 2.58. The molecule has 0 fully saturated rings. The molecule has 2 aromatic rings. The van der Waals surface area contributed by atoms with Crippen LogP contribution >= 0.6 is 22.9 Å². The van der Waals surface area contributed by atoms with Crippen LogP contribution in [0.25, 0.3) is 10.6 Å². The molecule has 4 nitrogen and oxygen atoms in total. The monoisotopic (exact) mass is 311 g/mol. The van der Waals surface area contributed by atoms with Gasteiger partial charge in [0.25, 0.3) is 0 Å². The van der Waals surface area contributed by atoms with Gasteiger partial charge in [0.1, 0.15) is 0 Å². The van der Waals surface area contributed by atoms with Crippen LogP contribution in [-0.4, -0.2) is 29.5 Å². The summed E-state index contributed by atoms with van der Waals surface area (Å²) in [6, 6.07) is 7.65. The number of ether oxygens (including phenoxy) is 1. The molecule has 0 aliphatic carbocycles. The van der Waals surface area contributed by atoms with Gasteiger partial charge in [0, 0.05) is 18.7 Å².